The van der Waals surface area contributed by atoms with Gasteiger partial charge in [-0.15, -0.1) is 0 Å². The first-order valence-electron chi connectivity index (χ1n) is 3.02. The molecular formula is C7H4F2N2O. The summed E-state index contributed by atoms with van der Waals surface area (Å²) in [5.41, 5.74) is -0.961. The molecule has 0 aliphatic carbocycles. The number of aromatic hydroxyl groups is 1. The van der Waals surface area contributed by atoms with Crippen LogP contribution in [0.25, 0.3) is 0 Å². The van der Waals surface area contributed by atoms with Crippen molar-refractivity contribution in [1.29, 1.82) is 5.26 Å². The second-order valence-electron chi connectivity index (χ2n) is 2.04. The molecule has 0 amide bonds. The molecule has 0 spiro atoms. The summed E-state index contributed by atoms with van der Waals surface area (Å²) in [6.07, 6.45) is -0.979. The van der Waals surface area contributed by atoms with Crippen molar-refractivity contribution in [2.75, 3.05) is 0 Å². The second-order valence-corrected chi connectivity index (χ2v) is 2.04. The van der Waals surface area contributed by atoms with Crippen LogP contribution in [0.15, 0.2) is 12.4 Å². The molecule has 0 aliphatic heterocycles. The van der Waals surface area contributed by atoms with Gasteiger partial charge in [-0.05, 0) is 0 Å². The quantitative estimate of drug-likeness (QED) is 0.696. The van der Waals surface area contributed by atoms with E-state index in [1.807, 2.05) is 0 Å². The summed E-state index contributed by atoms with van der Waals surface area (Å²) in [5, 5.41) is 17.3. The van der Waals surface area contributed by atoms with Gasteiger partial charge in [-0.2, -0.15) is 5.26 Å². The molecule has 3 nitrogen and oxygen atoms in total. The molecule has 0 radical (unpaired) electrons. The first kappa shape index (κ1) is 8.40. The van der Waals surface area contributed by atoms with Gasteiger partial charge in [-0.25, -0.2) is 8.78 Å². The lowest BCUT2D eigenvalue weighted by molar-refractivity contribution is 0.150. The Hall–Kier alpha value is -1.70. The summed E-state index contributed by atoms with van der Waals surface area (Å²) in [4.78, 5) is 3.33. The van der Waals surface area contributed by atoms with E-state index in [1.165, 1.54) is 6.07 Å². The smallest absolute Gasteiger partial charge is 0.266 e. The molecule has 0 saturated heterocycles. The standard InChI is InChI=1S/C7H4F2N2O/c8-7(9)5-2-11-3-6(12)4(5)1-10/h2-3,7,12H. The fourth-order valence-electron chi connectivity index (χ4n) is 0.752. The molecule has 1 rings (SSSR count). The molecule has 62 valence electrons. The third-order valence-corrected chi connectivity index (χ3v) is 1.30. The lowest BCUT2D eigenvalue weighted by atomic mass is 10.1. The third kappa shape index (κ3) is 1.32. The molecule has 5 heteroatoms. The van der Waals surface area contributed by atoms with E-state index in [0.29, 0.717) is 0 Å². The van der Waals surface area contributed by atoms with Crippen molar-refractivity contribution in [3.05, 3.63) is 23.5 Å². The van der Waals surface area contributed by atoms with Crippen LogP contribution >= 0.6 is 0 Å². The number of halogens is 2. The van der Waals surface area contributed by atoms with Crippen molar-refractivity contribution in [2.24, 2.45) is 0 Å². The summed E-state index contributed by atoms with van der Waals surface area (Å²) in [7, 11) is 0. The van der Waals surface area contributed by atoms with Gasteiger partial charge in [0.25, 0.3) is 6.43 Å². The van der Waals surface area contributed by atoms with Crippen LogP contribution in [-0.2, 0) is 0 Å². The zero-order valence-corrected chi connectivity index (χ0v) is 5.83. The van der Waals surface area contributed by atoms with Crippen LogP contribution < -0.4 is 0 Å². The van der Waals surface area contributed by atoms with Gasteiger partial charge in [-0.3, -0.25) is 4.98 Å². The van der Waals surface area contributed by atoms with Crippen molar-refractivity contribution < 1.29 is 13.9 Å². The van der Waals surface area contributed by atoms with E-state index >= 15 is 0 Å². The number of aromatic nitrogens is 1. The van der Waals surface area contributed by atoms with E-state index in [4.69, 9.17) is 10.4 Å². The predicted octanol–water partition coefficient (Wildman–Crippen LogP) is 1.60. The topological polar surface area (TPSA) is 56.9 Å². The third-order valence-electron chi connectivity index (χ3n) is 1.30. The maximum absolute atomic E-state index is 12.1. The lowest BCUT2D eigenvalue weighted by Crippen LogP contribution is -1.92. The average Bonchev–Trinajstić information content (AvgIpc) is 2.03. The fourth-order valence-corrected chi connectivity index (χ4v) is 0.752. The van der Waals surface area contributed by atoms with Crippen LogP contribution in [-0.4, -0.2) is 10.1 Å². The highest BCUT2D eigenvalue weighted by molar-refractivity contribution is 5.46. The van der Waals surface area contributed by atoms with Crippen LogP contribution in [0.3, 0.4) is 0 Å². The Morgan fingerprint density at radius 1 is 1.50 bits per heavy atom. The van der Waals surface area contributed by atoms with Gasteiger partial charge < -0.3 is 5.11 Å². The van der Waals surface area contributed by atoms with E-state index in [0.717, 1.165) is 12.4 Å². The largest absolute Gasteiger partial charge is 0.505 e. The monoisotopic (exact) mass is 170 g/mol. The number of rotatable bonds is 1. The maximum Gasteiger partial charge on any atom is 0.266 e. The van der Waals surface area contributed by atoms with Gasteiger partial charge in [0, 0.05) is 6.20 Å². The molecule has 1 aromatic rings. The molecular weight excluding hydrogens is 166 g/mol. The van der Waals surface area contributed by atoms with Crippen molar-refractivity contribution in [1.82, 2.24) is 4.98 Å². The first-order valence-corrected chi connectivity index (χ1v) is 3.02. The maximum atomic E-state index is 12.1. The Labute approximate surface area is 66.9 Å². The minimum Gasteiger partial charge on any atom is -0.505 e. The van der Waals surface area contributed by atoms with E-state index < -0.39 is 23.3 Å². The summed E-state index contributed by atoms with van der Waals surface area (Å²) >= 11 is 0. The highest BCUT2D eigenvalue weighted by atomic mass is 19.3. The van der Waals surface area contributed by atoms with E-state index in [9.17, 15) is 8.78 Å². The minimum absolute atomic E-state index is 0.417. The SMILES string of the molecule is N#Cc1c(O)cncc1C(F)F. The number of pyridine rings is 1. The zero-order valence-electron chi connectivity index (χ0n) is 5.83. The number of hydrogen-bond acceptors (Lipinski definition) is 3. The molecule has 0 unspecified atom stereocenters. The van der Waals surface area contributed by atoms with Crippen molar-refractivity contribution in [3.8, 4) is 11.8 Å². The molecule has 0 saturated carbocycles. The molecule has 1 aromatic heterocycles. The van der Waals surface area contributed by atoms with Gasteiger partial charge >= 0.3 is 0 Å². The minimum atomic E-state index is -2.79. The van der Waals surface area contributed by atoms with Gasteiger partial charge in [0.1, 0.15) is 11.6 Å². The summed E-state index contributed by atoms with van der Waals surface area (Å²) in [6.45, 7) is 0. The Morgan fingerprint density at radius 2 is 2.17 bits per heavy atom. The van der Waals surface area contributed by atoms with Gasteiger partial charge in [0.05, 0.1) is 11.8 Å². The molecule has 0 aromatic carbocycles. The van der Waals surface area contributed by atoms with Crippen LogP contribution in [0.2, 0.25) is 0 Å². The van der Waals surface area contributed by atoms with Gasteiger partial charge in [0.2, 0.25) is 0 Å². The Bertz CT molecular complexity index is 333. The molecule has 1 heterocycles. The molecule has 1 N–H and O–H groups in total. The Morgan fingerprint density at radius 3 is 2.58 bits per heavy atom. The Kier molecular flexibility index (Phi) is 2.19. The Balaban J connectivity index is 3.30. The number of nitriles is 1. The predicted molar refractivity (Wildman–Crippen MR) is 35.6 cm³/mol. The van der Waals surface area contributed by atoms with Crippen molar-refractivity contribution in [3.63, 3.8) is 0 Å². The highest BCUT2D eigenvalue weighted by Gasteiger charge is 2.15. The summed E-state index contributed by atoms with van der Waals surface area (Å²) < 4.78 is 24.2. The lowest BCUT2D eigenvalue weighted by Gasteiger charge is -2.01. The average molecular weight is 170 g/mol. The number of nitrogens with zero attached hydrogens (tertiary/aromatic N) is 2. The van der Waals surface area contributed by atoms with Gasteiger partial charge in [-0.1, -0.05) is 0 Å². The van der Waals surface area contributed by atoms with E-state index in [2.05, 4.69) is 4.98 Å². The van der Waals surface area contributed by atoms with Crippen LogP contribution in [0.4, 0.5) is 8.78 Å². The van der Waals surface area contributed by atoms with E-state index in [1.54, 1.807) is 0 Å². The number of alkyl halides is 2. The van der Waals surface area contributed by atoms with Crippen LogP contribution in [0.5, 0.6) is 5.75 Å². The van der Waals surface area contributed by atoms with Gasteiger partial charge in [0.15, 0.2) is 5.75 Å². The zero-order chi connectivity index (χ0) is 9.14. The fraction of sp³-hybridized carbons (Fsp3) is 0.143. The molecule has 0 fully saturated rings. The molecule has 12 heavy (non-hydrogen) atoms. The highest BCUT2D eigenvalue weighted by Crippen LogP contribution is 2.26. The van der Waals surface area contributed by atoms with Crippen molar-refractivity contribution in [2.45, 2.75) is 6.43 Å². The summed E-state index contributed by atoms with van der Waals surface area (Å²) in [5.74, 6) is -0.518. The first-order chi connectivity index (χ1) is 5.66. The number of hydrogen-bond donors (Lipinski definition) is 1. The van der Waals surface area contributed by atoms with E-state index in [-0.39, 0.29) is 0 Å². The summed E-state index contributed by atoms with van der Waals surface area (Å²) in [6, 6.07) is 1.48. The molecule has 0 bridgehead atoms. The van der Waals surface area contributed by atoms with Crippen molar-refractivity contribution >= 4 is 0 Å². The second kappa shape index (κ2) is 3.13. The van der Waals surface area contributed by atoms with Crippen LogP contribution in [0, 0.1) is 11.3 Å². The molecule has 0 aliphatic rings. The van der Waals surface area contributed by atoms with Crippen LogP contribution in [0.1, 0.15) is 17.6 Å². The molecule has 0 atom stereocenters. The normalized spacial score (nSPS) is 9.83.